The van der Waals surface area contributed by atoms with Crippen molar-refractivity contribution in [2.24, 2.45) is 0 Å². The van der Waals surface area contributed by atoms with Crippen LogP contribution < -0.4 is 5.32 Å². The van der Waals surface area contributed by atoms with Crippen LogP contribution >= 0.6 is 0 Å². The van der Waals surface area contributed by atoms with E-state index in [9.17, 15) is 13.2 Å². The topological polar surface area (TPSA) is 75.7 Å². The number of nitrogens with one attached hydrogen (secondary N) is 1. The first kappa shape index (κ1) is 23.4. The van der Waals surface area contributed by atoms with Crippen molar-refractivity contribution in [1.29, 1.82) is 0 Å². The monoisotopic (exact) mass is 444 g/mol. The molecular formula is C24H32N2O4S. The zero-order valence-corrected chi connectivity index (χ0v) is 19.6. The van der Waals surface area contributed by atoms with Crippen molar-refractivity contribution < 1.29 is 17.9 Å². The molecule has 2 aromatic rings. The highest BCUT2D eigenvalue weighted by Crippen LogP contribution is 2.22. The molecule has 0 spiro atoms. The minimum atomic E-state index is -3.49. The van der Waals surface area contributed by atoms with Gasteiger partial charge in [-0.2, -0.15) is 4.31 Å². The van der Waals surface area contributed by atoms with Crippen LogP contribution in [0.5, 0.6) is 0 Å². The molecule has 1 amide bonds. The van der Waals surface area contributed by atoms with Gasteiger partial charge < -0.3 is 10.1 Å². The van der Waals surface area contributed by atoms with E-state index in [4.69, 9.17) is 4.74 Å². The Bertz CT molecular complexity index is 1030. The second-order valence-electron chi connectivity index (χ2n) is 8.24. The van der Waals surface area contributed by atoms with Crippen LogP contribution in [0.1, 0.15) is 47.2 Å². The van der Waals surface area contributed by atoms with Gasteiger partial charge in [0, 0.05) is 19.5 Å². The first-order valence-electron chi connectivity index (χ1n) is 10.7. The predicted molar refractivity (Wildman–Crippen MR) is 122 cm³/mol. The van der Waals surface area contributed by atoms with Crippen molar-refractivity contribution in [3.63, 3.8) is 0 Å². The number of hydrogen-bond acceptors (Lipinski definition) is 4. The second kappa shape index (κ2) is 9.94. The van der Waals surface area contributed by atoms with Gasteiger partial charge in [0.25, 0.3) is 0 Å². The summed E-state index contributed by atoms with van der Waals surface area (Å²) >= 11 is 0. The molecule has 1 aliphatic rings. The Morgan fingerprint density at radius 2 is 1.65 bits per heavy atom. The smallest absolute Gasteiger partial charge is 0.243 e. The lowest BCUT2D eigenvalue weighted by Crippen LogP contribution is -2.40. The first-order valence-corrected chi connectivity index (χ1v) is 12.2. The van der Waals surface area contributed by atoms with Crippen molar-refractivity contribution in [2.75, 3.05) is 26.3 Å². The maximum absolute atomic E-state index is 12.7. The van der Waals surface area contributed by atoms with E-state index in [2.05, 4.69) is 38.2 Å². The molecule has 0 aromatic heterocycles. The van der Waals surface area contributed by atoms with Crippen molar-refractivity contribution in [3.8, 4) is 0 Å². The Morgan fingerprint density at radius 1 is 1.03 bits per heavy atom. The van der Waals surface area contributed by atoms with Crippen LogP contribution in [0.2, 0.25) is 0 Å². The number of nitrogens with zero attached hydrogens (tertiary/aromatic N) is 1. The van der Waals surface area contributed by atoms with Gasteiger partial charge in [0.15, 0.2) is 0 Å². The highest BCUT2D eigenvalue weighted by Gasteiger charge is 2.26. The van der Waals surface area contributed by atoms with Crippen LogP contribution in [0.3, 0.4) is 0 Å². The van der Waals surface area contributed by atoms with Crippen LogP contribution in [0, 0.1) is 20.8 Å². The number of rotatable bonds is 7. The van der Waals surface area contributed by atoms with Gasteiger partial charge in [-0.15, -0.1) is 0 Å². The molecule has 7 heteroatoms. The van der Waals surface area contributed by atoms with E-state index in [-0.39, 0.29) is 16.8 Å². The quantitative estimate of drug-likeness (QED) is 0.710. The zero-order valence-electron chi connectivity index (χ0n) is 18.8. The van der Waals surface area contributed by atoms with Crippen LogP contribution in [0.15, 0.2) is 41.3 Å². The molecule has 1 N–H and O–H groups in total. The van der Waals surface area contributed by atoms with Crippen LogP contribution in [0.25, 0.3) is 0 Å². The molecule has 2 aromatic carbocycles. The van der Waals surface area contributed by atoms with E-state index >= 15 is 0 Å². The summed E-state index contributed by atoms with van der Waals surface area (Å²) in [5.41, 5.74) is 5.71. The second-order valence-corrected chi connectivity index (χ2v) is 10.2. The summed E-state index contributed by atoms with van der Waals surface area (Å²) in [6, 6.07) is 11.1. The summed E-state index contributed by atoms with van der Waals surface area (Å²) in [7, 11) is -3.49. The van der Waals surface area contributed by atoms with E-state index in [1.807, 2.05) is 6.92 Å². The van der Waals surface area contributed by atoms with Gasteiger partial charge in [0.05, 0.1) is 24.2 Å². The molecular weight excluding hydrogens is 412 g/mol. The minimum Gasteiger partial charge on any atom is -0.379 e. The van der Waals surface area contributed by atoms with E-state index in [1.54, 1.807) is 24.3 Å². The molecule has 0 aliphatic carbocycles. The van der Waals surface area contributed by atoms with Gasteiger partial charge in [0.1, 0.15) is 0 Å². The summed E-state index contributed by atoms with van der Waals surface area (Å²) in [5, 5.41) is 3.08. The van der Waals surface area contributed by atoms with Crippen molar-refractivity contribution >= 4 is 15.9 Å². The molecule has 1 atom stereocenters. The fourth-order valence-corrected chi connectivity index (χ4v) is 5.27. The van der Waals surface area contributed by atoms with Gasteiger partial charge in [-0.05, 0) is 74.1 Å². The third-order valence-corrected chi connectivity index (χ3v) is 7.81. The number of amides is 1. The largest absolute Gasteiger partial charge is 0.379 e. The number of morpholine rings is 1. The summed E-state index contributed by atoms with van der Waals surface area (Å²) in [6.07, 6.45) is 0.909. The molecule has 168 valence electrons. The van der Waals surface area contributed by atoms with Gasteiger partial charge in [-0.3, -0.25) is 4.79 Å². The molecule has 3 rings (SSSR count). The normalized spacial score (nSPS) is 16.1. The lowest BCUT2D eigenvalue weighted by molar-refractivity contribution is -0.121. The Labute approximate surface area is 185 Å². The van der Waals surface area contributed by atoms with E-state index < -0.39 is 10.0 Å². The Kier molecular flexibility index (Phi) is 7.51. The molecule has 1 saturated heterocycles. The highest BCUT2D eigenvalue weighted by atomic mass is 32.2. The lowest BCUT2D eigenvalue weighted by Gasteiger charge is -2.26. The number of benzene rings is 2. The van der Waals surface area contributed by atoms with Crippen LogP contribution in [0.4, 0.5) is 0 Å². The van der Waals surface area contributed by atoms with E-state index in [1.165, 1.54) is 21.0 Å². The van der Waals surface area contributed by atoms with Gasteiger partial charge in [0.2, 0.25) is 15.9 Å². The van der Waals surface area contributed by atoms with Crippen molar-refractivity contribution in [3.05, 3.63) is 64.2 Å². The third-order valence-electron chi connectivity index (χ3n) is 5.90. The maximum atomic E-state index is 12.7. The number of ether oxygens (including phenoxy) is 1. The number of carbonyl (C=O) groups is 1. The van der Waals surface area contributed by atoms with Gasteiger partial charge in [-0.1, -0.05) is 24.3 Å². The minimum absolute atomic E-state index is 0.0184. The molecule has 1 aliphatic heterocycles. The first-order chi connectivity index (χ1) is 14.7. The highest BCUT2D eigenvalue weighted by molar-refractivity contribution is 7.89. The molecule has 0 unspecified atom stereocenters. The standard InChI is InChI=1S/C24H32N2O4S/c1-17-15-19(3)23(16-18(17)2)20(4)25-24(27)10-7-21-5-8-22(9-6-21)31(28,29)26-11-13-30-14-12-26/h5-6,8-9,15-16,20H,7,10-14H2,1-4H3,(H,25,27)/t20-/m0/s1. The molecule has 0 radical (unpaired) electrons. The SMILES string of the molecule is Cc1cc(C)c([C@H](C)NC(=O)CCc2ccc(S(=O)(=O)N3CCOCC3)cc2)cc1C. The predicted octanol–water partition coefficient (Wildman–Crippen LogP) is 3.44. The summed E-state index contributed by atoms with van der Waals surface area (Å²) in [4.78, 5) is 12.7. The molecule has 31 heavy (non-hydrogen) atoms. The fraction of sp³-hybridized carbons (Fsp3) is 0.458. The summed E-state index contributed by atoms with van der Waals surface area (Å²) in [6.45, 7) is 9.84. The Morgan fingerprint density at radius 3 is 2.29 bits per heavy atom. The number of sulfonamides is 1. The van der Waals surface area contributed by atoms with E-state index in [0.29, 0.717) is 39.1 Å². The molecule has 6 nitrogen and oxygen atoms in total. The average molecular weight is 445 g/mol. The summed E-state index contributed by atoms with van der Waals surface area (Å²) < 4.78 is 32.1. The van der Waals surface area contributed by atoms with Gasteiger partial charge >= 0.3 is 0 Å². The fourth-order valence-electron chi connectivity index (χ4n) is 3.86. The number of aryl methyl sites for hydroxylation is 4. The molecule has 0 saturated carbocycles. The molecule has 1 fully saturated rings. The number of hydrogen-bond donors (Lipinski definition) is 1. The zero-order chi connectivity index (χ0) is 22.6. The Hall–Kier alpha value is -2.22. The lowest BCUT2D eigenvalue weighted by atomic mass is 9.96. The average Bonchev–Trinajstić information content (AvgIpc) is 2.75. The molecule has 0 bridgehead atoms. The van der Waals surface area contributed by atoms with E-state index in [0.717, 1.165) is 11.1 Å². The maximum Gasteiger partial charge on any atom is 0.243 e. The van der Waals surface area contributed by atoms with Gasteiger partial charge in [-0.25, -0.2) is 8.42 Å². The van der Waals surface area contributed by atoms with Crippen LogP contribution in [-0.2, 0) is 26.0 Å². The van der Waals surface area contributed by atoms with Crippen LogP contribution in [-0.4, -0.2) is 44.9 Å². The third kappa shape index (κ3) is 5.73. The summed E-state index contributed by atoms with van der Waals surface area (Å²) in [5.74, 6) is -0.0184. The van der Waals surface area contributed by atoms with Crippen molar-refractivity contribution in [2.45, 2.75) is 51.5 Å². The molecule has 1 heterocycles. The Balaban J connectivity index is 1.56. The van der Waals surface area contributed by atoms with Crippen molar-refractivity contribution in [1.82, 2.24) is 9.62 Å². The number of carbonyl (C=O) groups excluding carboxylic acids is 1.